The second kappa shape index (κ2) is 7.98. The molecule has 112 valence electrons. The van der Waals surface area contributed by atoms with Gasteiger partial charge in [-0.2, -0.15) is 0 Å². The van der Waals surface area contributed by atoms with Crippen LogP contribution in [-0.2, 0) is 16.1 Å². The van der Waals surface area contributed by atoms with E-state index in [1.54, 1.807) is 0 Å². The Morgan fingerprint density at radius 2 is 2.00 bits per heavy atom. The van der Waals surface area contributed by atoms with E-state index in [9.17, 15) is 0 Å². The third-order valence-corrected chi connectivity index (χ3v) is 2.85. The number of anilines is 2. The van der Waals surface area contributed by atoms with Crippen LogP contribution in [0.4, 0.5) is 11.6 Å². The van der Waals surface area contributed by atoms with Crippen LogP contribution in [0.25, 0.3) is 0 Å². The van der Waals surface area contributed by atoms with Crippen LogP contribution in [0, 0.1) is 0 Å². The Morgan fingerprint density at radius 1 is 1.25 bits per heavy atom. The molecule has 7 heteroatoms. The molecular weight excluding hydrogens is 258 g/mol. The molecule has 1 fully saturated rings. The van der Waals surface area contributed by atoms with Crippen LogP contribution in [0.3, 0.4) is 0 Å². The zero-order valence-electron chi connectivity index (χ0n) is 12.2. The summed E-state index contributed by atoms with van der Waals surface area (Å²) in [6, 6.07) is 1.91. The van der Waals surface area contributed by atoms with E-state index in [4.69, 9.17) is 9.47 Å². The standard InChI is InChI=1S/C13H23N5O2/c1-3-14-11-9-12(16-13(15-11)10-19-4-2)17-18-5-7-20-8-6-18/h9H,3-8,10H2,1-2H3,(H2,14,15,16,17). The normalized spacial score (nSPS) is 16.1. The van der Waals surface area contributed by atoms with Crippen LogP contribution in [-0.4, -0.2) is 54.4 Å². The second-order valence-electron chi connectivity index (χ2n) is 4.43. The van der Waals surface area contributed by atoms with Gasteiger partial charge in [-0.1, -0.05) is 0 Å². The molecule has 2 N–H and O–H groups in total. The molecule has 2 heterocycles. The molecule has 0 amide bonds. The summed E-state index contributed by atoms with van der Waals surface area (Å²) >= 11 is 0. The predicted octanol–water partition coefficient (Wildman–Crippen LogP) is 1.10. The third kappa shape index (κ3) is 4.59. The molecule has 0 atom stereocenters. The number of hydrogen-bond acceptors (Lipinski definition) is 7. The van der Waals surface area contributed by atoms with Gasteiger partial charge in [-0.15, -0.1) is 0 Å². The first-order valence-electron chi connectivity index (χ1n) is 7.10. The predicted molar refractivity (Wildman–Crippen MR) is 77.5 cm³/mol. The summed E-state index contributed by atoms with van der Waals surface area (Å²) in [4.78, 5) is 8.90. The van der Waals surface area contributed by atoms with Gasteiger partial charge in [-0.3, -0.25) is 0 Å². The molecule has 1 saturated heterocycles. The molecule has 0 saturated carbocycles. The Labute approximate surface area is 119 Å². The monoisotopic (exact) mass is 281 g/mol. The van der Waals surface area contributed by atoms with E-state index in [1.165, 1.54) is 0 Å². The number of aromatic nitrogens is 2. The van der Waals surface area contributed by atoms with E-state index in [1.807, 2.05) is 19.9 Å². The van der Waals surface area contributed by atoms with Gasteiger partial charge < -0.3 is 20.2 Å². The number of hydrazine groups is 1. The smallest absolute Gasteiger partial charge is 0.158 e. The maximum Gasteiger partial charge on any atom is 0.158 e. The molecule has 1 aromatic heterocycles. The lowest BCUT2D eigenvalue weighted by molar-refractivity contribution is 0.0494. The van der Waals surface area contributed by atoms with Crippen LogP contribution >= 0.6 is 0 Å². The van der Waals surface area contributed by atoms with Crippen molar-refractivity contribution in [3.05, 3.63) is 11.9 Å². The molecule has 0 radical (unpaired) electrons. The van der Waals surface area contributed by atoms with Crippen molar-refractivity contribution in [2.45, 2.75) is 20.5 Å². The highest BCUT2D eigenvalue weighted by molar-refractivity contribution is 5.47. The first kappa shape index (κ1) is 15.0. The van der Waals surface area contributed by atoms with Gasteiger partial charge >= 0.3 is 0 Å². The lowest BCUT2D eigenvalue weighted by atomic mass is 10.4. The van der Waals surface area contributed by atoms with Crippen molar-refractivity contribution in [2.24, 2.45) is 0 Å². The average Bonchev–Trinajstić information content (AvgIpc) is 2.46. The minimum absolute atomic E-state index is 0.424. The van der Waals surface area contributed by atoms with Gasteiger partial charge in [0.25, 0.3) is 0 Å². The molecule has 0 spiro atoms. The zero-order valence-corrected chi connectivity index (χ0v) is 12.2. The molecule has 1 aliphatic heterocycles. The highest BCUT2D eigenvalue weighted by Crippen LogP contribution is 2.13. The first-order chi connectivity index (χ1) is 9.81. The second-order valence-corrected chi connectivity index (χ2v) is 4.43. The lowest BCUT2D eigenvalue weighted by Crippen LogP contribution is -2.40. The fraction of sp³-hybridized carbons (Fsp3) is 0.692. The van der Waals surface area contributed by atoms with Gasteiger partial charge in [0, 0.05) is 32.3 Å². The van der Waals surface area contributed by atoms with Crippen molar-refractivity contribution in [1.29, 1.82) is 0 Å². The summed E-state index contributed by atoms with van der Waals surface area (Å²) in [5.74, 6) is 2.28. The summed E-state index contributed by atoms with van der Waals surface area (Å²) < 4.78 is 10.7. The number of hydrogen-bond donors (Lipinski definition) is 2. The van der Waals surface area contributed by atoms with Crippen molar-refractivity contribution >= 4 is 11.6 Å². The van der Waals surface area contributed by atoms with E-state index >= 15 is 0 Å². The molecular formula is C13H23N5O2. The third-order valence-electron chi connectivity index (χ3n) is 2.85. The molecule has 1 aliphatic rings. The number of rotatable bonds is 7. The van der Waals surface area contributed by atoms with E-state index in [2.05, 4.69) is 25.7 Å². The van der Waals surface area contributed by atoms with Gasteiger partial charge in [0.15, 0.2) is 5.82 Å². The average molecular weight is 281 g/mol. The molecule has 0 unspecified atom stereocenters. The van der Waals surface area contributed by atoms with Gasteiger partial charge in [0.2, 0.25) is 0 Å². The highest BCUT2D eigenvalue weighted by Gasteiger charge is 2.12. The highest BCUT2D eigenvalue weighted by atomic mass is 16.5. The van der Waals surface area contributed by atoms with Crippen LogP contribution in [0.1, 0.15) is 19.7 Å². The first-order valence-corrected chi connectivity index (χ1v) is 7.10. The number of morpholine rings is 1. The molecule has 2 rings (SSSR count). The van der Waals surface area contributed by atoms with E-state index in [0.29, 0.717) is 19.0 Å². The summed E-state index contributed by atoms with van der Waals surface area (Å²) in [5.41, 5.74) is 3.30. The van der Waals surface area contributed by atoms with Gasteiger partial charge in [0.1, 0.15) is 18.2 Å². The topological polar surface area (TPSA) is 71.5 Å². The fourth-order valence-electron chi connectivity index (χ4n) is 1.92. The Bertz CT molecular complexity index is 410. The Balaban J connectivity index is 2.06. The maximum absolute atomic E-state index is 5.38. The van der Waals surface area contributed by atoms with Crippen LogP contribution in [0.2, 0.25) is 0 Å². The summed E-state index contributed by atoms with van der Waals surface area (Å²) in [6.45, 7) is 9.08. The number of nitrogens with one attached hydrogen (secondary N) is 2. The molecule has 0 bridgehead atoms. The minimum atomic E-state index is 0.424. The van der Waals surface area contributed by atoms with Crippen LogP contribution in [0.5, 0.6) is 0 Å². The lowest BCUT2D eigenvalue weighted by Gasteiger charge is -2.27. The molecule has 7 nitrogen and oxygen atoms in total. The van der Waals surface area contributed by atoms with E-state index in [-0.39, 0.29) is 0 Å². The van der Waals surface area contributed by atoms with E-state index < -0.39 is 0 Å². The van der Waals surface area contributed by atoms with Crippen LogP contribution in [0.15, 0.2) is 6.07 Å². The fourth-order valence-corrected chi connectivity index (χ4v) is 1.92. The zero-order chi connectivity index (χ0) is 14.2. The van der Waals surface area contributed by atoms with Crippen molar-refractivity contribution in [1.82, 2.24) is 15.0 Å². The van der Waals surface area contributed by atoms with Crippen LogP contribution < -0.4 is 10.7 Å². The quantitative estimate of drug-likeness (QED) is 0.775. The molecule has 1 aromatic rings. The van der Waals surface area contributed by atoms with Crippen molar-refractivity contribution in [2.75, 3.05) is 50.2 Å². The summed E-state index contributed by atoms with van der Waals surface area (Å²) in [6.07, 6.45) is 0. The summed E-state index contributed by atoms with van der Waals surface area (Å²) in [5, 5.41) is 5.32. The van der Waals surface area contributed by atoms with Gasteiger partial charge in [0.05, 0.1) is 13.2 Å². The van der Waals surface area contributed by atoms with Crippen molar-refractivity contribution in [3.63, 3.8) is 0 Å². The molecule has 0 aromatic carbocycles. The maximum atomic E-state index is 5.38. The number of nitrogens with zero attached hydrogens (tertiary/aromatic N) is 3. The van der Waals surface area contributed by atoms with Crippen molar-refractivity contribution < 1.29 is 9.47 Å². The SMILES string of the molecule is CCNc1cc(NN2CCOCC2)nc(COCC)n1. The van der Waals surface area contributed by atoms with Gasteiger partial charge in [-0.05, 0) is 13.8 Å². The molecule has 20 heavy (non-hydrogen) atoms. The summed E-state index contributed by atoms with van der Waals surface area (Å²) in [7, 11) is 0. The van der Waals surface area contributed by atoms with Crippen molar-refractivity contribution in [3.8, 4) is 0 Å². The largest absolute Gasteiger partial charge is 0.379 e. The van der Waals surface area contributed by atoms with Gasteiger partial charge in [-0.25, -0.2) is 15.0 Å². The Morgan fingerprint density at radius 3 is 2.70 bits per heavy atom. The van der Waals surface area contributed by atoms with E-state index in [0.717, 1.165) is 44.5 Å². The Hall–Kier alpha value is -1.44. The minimum Gasteiger partial charge on any atom is -0.379 e. The Kier molecular flexibility index (Phi) is 5.97. The number of ether oxygens (including phenoxy) is 2. The molecule has 0 aliphatic carbocycles.